The standard InChI is InChI=1S/C17H18F2N2O/c1-17(2,3)15(11-4-6-13(18)7-5-11)21-16(22)12-8-9-20-14(19)10-12/h4-10,15H,1-3H3,(H,21,22). The largest absolute Gasteiger partial charge is 0.345 e. The molecule has 1 heterocycles. The first-order valence-electron chi connectivity index (χ1n) is 6.95. The molecule has 3 nitrogen and oxygen atoms in total. The van der Waals surface area contributed by atoms with Crippen LogP contribution in [0.25, 0.3) is 0 Å². The number of hydrogen-bond donors (Lipinski definition) is 1. The minimum atomic E-state index is -0.707. The first kappa shape index (κ1) is 16.1. The molecule has 116 valence electrons. The van der Waals surface area contributed by atoms with Gasteiger partial charge in [-0.15, -0.1) is 0 Å². The van der Waals surface area contributed by atoms with Gasteiger partial charge in [-0.05, 0) is 29.2 Å². The van der Waals surface area contributed by atoms with Gasteiger partial charge in [-0.1, -0.05) is 32.9 Å². The van der Waals surface area contributed by atoms with Crippen molar-refractivity contribution >= 4 is 5.91 Å². The maximum atomic E-state index is 13.1. The molecule has 0 aliphatic rings. The molecule has 0 aliphatic carbocycles. The highest BCUT2D eigenvalue weighted by atomic mass is 19.1. The SMILES string of the molecule is CC(C)(C)C(NC(=O)c1ccnc(F)c1)c1ccc(F)cc1. The third-order valence-electron chi connectivity index (χ3n) is 3.33. The number of halogens is 2. The second-order valence-corrected chi connectivity index (χ2v) is 6.19. The summed E-state index contributed by atoms with van der Waals surface area (Å²) in [6, 6.07) is 8.18. The zero-order chi connectivity index (χ0) is 16.3. The molecule has 0 bridgehead atoms. The van der Waals surface area contributed by atoms with Crippen LogP contribution in [0.3, 0.4) is 0 Å². The molecule has 1 unspecified atom stereocenters. The summed E-state index contributed by atoms with van der Waals surface area (Å²) in [5.74, 6) is -1.44. The summed E-state index contributed by atoms with van der Waals surface area (Å²) in [6.07, 6.45) is 1.24. The molecule has 0 saturated heterocycles. The Kier molecular flexibility index (Phi) is 4.54. The number of nitrogens with zero attached hydrogens (tertiary/aromatic N) is 1. The van der Waals surface area contributed by atoms with E-state index in [1.54, 1.807) is 12.1 Å². The summed E-state index contributed by atoms with van der Waals surface area (Å²) in [4.78, 5) is 15.7. The van der Waals surface area contributed by atoms with E-state index in [1.807, 2.05) is 20.8 Å². The third-order valence-corrected chi connectivity index (χ3v) is 3.33. The Hall–Kier alpha value is -2.30. The molecule has 0 saturated carbocycles. The van der Waals surface area contributed by atoms with Gasteiger partial charge in [-0.25, -0.2) is 9.37 Å². The van der Waals surface area contributed by atoms with Crippen LogP contribution < -0.4 is 5.32 Å². The Balaban J connectivity index is 2.28. The number of carbonyl (C=O) groups is 1. The highest BCUT2D eigenvalue weighted by molar-refractivity contribution is 5.94. The van der Waals surface area contributed by atoms with E-state index in [1.165, 1.54) is 24.4 Å². The van der Waals surface area contributed by atoms with Crippen molar-refractivity contribution in [2.24, 2.45) is 5.41 Å². The van der Waals surface area contributed by atoms with Gasteiger partial charge < -0.3 is 5.32 Å². The molecule has 1 atom stereocenters. The third kappa shape index (κ3) is 3.87. The fourth-order valence-electron chi connectivity index (χ4n) is 2.21. The molecule has 1 amide bonds. The molecule has 2 aromatic rings. The fraction of sp³-hybridized carbons (Fsp3) is 0.294. The lowest BCUT2D eigenvalue weighted by Gasteiger charge is -2.32. The van der Waals surface area contributed by atoms with Crippen LogP contribution in [0.1, 0.15) is 42.7 Å². The first-order chi connectivity index (χ1) is 10.3. The predicted molar refractivity (Wildman–Crippen MR) is 80.3 cm³/mol. The number of hydrogen-bond acceptors (Lipinski definition) is 2. The summed E-state index contributed by atoms with van der Waals surface area (Å²) in [5, 5.41) is 2.88. The second-order valence-electron chi connectivity index (χ2n) is 6.19. The Labute approximate surface area is 128 Å². The monoisotopic (exact) mass is 304 g/mol. The molecule has 2 rings (SSSR count). The first-order valence-corrected chi connectivity index (χ1v) is 6.95. The molecule has 1 aromatic heterocycles. The maximum Gasteiger partial charge on any atom is 0.252 e. The van der Waals surface area contributed by atoms with Crippen LogP contribution in [-0.4, -0.2) is 10.9 Å². The average Bonchev–Trinajstić information content (AvgIpc) is 2.44. The van der Waals surface area contributed by atoms with E-state index >= 15 is 0 Å². The Morgan fingerprint density at radius 2 is 1.77 bits per heavy atom. The van der Waals surface area contributed by atoms with Crippen LogP contribution in [-0.2, 0) is 0 Å². The van der Waals surface area contributed by atoms with Gasteiger partial charge in [0.15, 0.2) is 0 Å². The molecule has 1 N–H and O–H groups in total. The lowest BCUT2D eigenvalue weighted by Crippen LogP contribution is -2.36. The Bertz CT molecular complexity index is 663. The minimum absolute atomic E-state index is 0.198. The van der Waals surface area contributed by atoms with E-state index in [9.17, 15) is 13.6 Å². The van der Waals surface area contributed by atoms with Crippen molar-refractivity contribution in [1.29, 1.82) is 0 Å². The number of pyridine rings is 1. The number of rotatable bonds is 3. The van der Waals surface area contributed by atoms with Crippen molar-refractivity contribution in [3.63, 3.8) is 0 Å². The minimum Gasteiger partial charge on any atom is -0.345 e. The maximum absolute atomic E-state index is 13.1. The van der Waals surface area contributed by atoms with Gasteiger partial charge in [-0.2, -0.15) is 4.39 Å². The predicted octanol–water partition coefficient (Wildman–Crippen LogP) is 3.88. The van der Waals surface area contributed by atoms with Gasteiger partial charge in [-0.3, -0.25) is 4.79 Å². The molecule has 5 heteroatoms. The van der Waals surface area contributed by atoms with Gasteiger partial charge in [0, 0.05) is 17.8 Å². The van der Waals surface area contributed by atoms with E-state index in [0.29, 0.717) is 0 Å². The van der Waals surface area contributed by atoms with Crippen molar-refractivity contribution < 1.29 is 13.6 Å². The van der Waals surface area contributed by atoms with Gasteiger partial charge >= 0.3 is 0 Å². The van der Waals surface area contributed by atoms with Gasteiger partial charge in [0.25, 0.3) is 5.91 Å². The van der Waals surface area contributed by atoms with Crippen LogP contribution in [0.4, 0.5) is 8.78 Å². The number of nitrogens with one attached hydrogen (secondary N) is 1. The van der Waals surface area contributed by atoms with Crippen molar-refractivity contribution in [3.05, 3.63) is 65.5 Å². The number of amides is 1. The van der Waals surface area contributed by atoms with Gasteiger partial charge in [0.05, 0.1) is 6.04 Å². The lowest BCUT2D eigenvalue weighted by atomic mass is 9.82. The molecule has 0 spiro atoms. The molecule has 0 radical (unpaired) electrons. The van der Waals surface area contributed by atoms with Crippen molar-refractivity contribution in [2.75, 3.05) is 0 Å². The number of carbonyl (C=O) groups excluding carboxylic acids is 1. The number of aromatic nitrogens is 1. The molecule has 22 heavy (non-hydrogen) atoms. The highest BCUT2D eigenvalue weighted by Gasteiger charge is 2.28. The Morgan fingerprint density at radius 3 is 2.32 bits per heavy atom. The lowest BCUT2D eigenvalue weighted by molar-refractivity contribution is 0.0901. The van der Waals surface area contributed by atoms with Crippen LogP contribution in [0.5, 0.6) is 0 Å². The summed E-state index contributed by atoms with van der Waals surface area (Å²) in [5.41, 5.74) is 0.694. The fourth-order valence-corrected chi connectivity index (χ4v) is 2.21. The van der Waals surface area contributed by atoms with Gasteiger partial charge in [0.1, 0.15) is 5.82 Å². The number of benzene rings is 1. The summed E-state index contributed by atoms with van der Waals surface area (Å²) < 4.78 is 26.2. The van der Waals surface area contributed by atoms with Crippen molar-refractivity contribution in [3.8, 4) is 0 Å². The molecular formula is C17H18F2N2O. The molecule has 0 aliphatic heterocycles. The zero-order valence-electron chi connectivity index (χ0n) is 12.7. The topological polar surface area (TPSA) is 42.0 Å². The summed E-state index contributed by atoms with van der Waals surface area (Å²) in [7, 11) is 0. The van der Waals surface area contributed by atoms with Crippen LogP contribution in [0, 0.1) is 17.2 Å². The summed E-state index contributed by atoms with van der Waals surface area (Å²) in [6.45, 7) is 5.90. The molecule has 1 aromatic carbocycles. The summed E-state index contributed by atoms with van der Waals surface area (Å²) >= 11 is 0. The van der Waals surface area contributed by atoms with Crippen molar-refractivity contribution in [1.82, 2.24) is 10.3 Å². The Morgan fingerprint density at radius 1 is 1.14 bits per heavy atom. The van der Waals surface area contributed by atoms with Crippen molar-refractivity contribution in [2.45, 2.75) is 26.8 Å². The van der Waals surface area contributed by atoms with E-state index < -0.39 is 11.9 Å². The smallest absolute Gasteiger partial charge is 0.252 e. The quantitative estimate of drug-likeness (QED) is 0.874. The normalized spacial score (nSPS) is 12.8. The zero-order valence-corrected chi connectivity index (χ0v) is 12.7. The van der Waals surface area contributed by atoms with E-state index in [4.69, 9.17) is 0 Å². The van der Waals surface area contributed by atoms with Crippen LogP contribution in [0.15, 0.2) is 42.6 Å². The average molecular weight is 304 g/mol. The van der Waals surface area contributed by atoms with Crippen LogP contribution in [0.2, 0.25) is 0 Å². The van der Waals surface area contributed by atoms with E-state index in [2.05, 4.69) is 10.3 Å². The molecule has 0 fully saturated rings. The molecular weight excluding hydrogens is 286 g/mol. The van der Waals surface area contributed by atoms with E-state index in [-0.39, 0.29) is 22.8 Å². The highest BCUT2D eigenvalue weighted by Crippen LogP contribution is 2.33. The van der Waals surface area contributed by atoms with Crippen LogP contribution >= 0.6 is 0 Å². The second kappa shape index (κ2) is 6.22. The van der Waals surface area contributed by atoms with Gasteiger partial charge in [0.2, 0.25) is 5.95 Å². The van der Waals surface area contributed by atoms with E-state index in [0.717, 1.165) is 11.6 Å².